The van der Waals surface area contributed by atoms with Crippen molar-refractivity contribution >= 4 is 22.7 Å². The second-order valence-electron chi connectivity index (χ2n) is 3.63. The number of nitrogens with zero attached hydrogens (tertiary/aromatic N) is 2. The Bertz CT molecular complexity index is 495. The third kappa shape index (κ3) is 2.35. The summed E-state index contributed by atoms with van der Waals surface area (Å²) in [5.41, 5.74) is 0.976. The van der Waals surface area contributed by atoms with E-state index in [2.05, 4.69) is 18.8 Å². The minimum Gasteiger partial charge on any atom is -0.300 e. The van der Waals surface area contributed by atoms with E-state index in [0.29, 0.717) is 12.5 Å². The Labute approximate surface area is 96.0 Å². The quantitative estimate of drug-likeness (QED) is 0.826. The summed E-state index contributed by atoms with van der Waals surface area (Å²) >= 11 is 2.88. The first-order valence-electron chi connectivity index (χ1n) is 4.75. The van der Waals surface area contributed by atoms with Crippen LogP contribution in [0.2, 0.25) is 0 Å². The Kier molecular flexibility index (Phi) is 3.02. The first-order chi connectivity index (χ1) is 7.16. The summed E-state index contributed by atoms with van der Waals surface area (Å²) in [6.07, 6.45) is 1.81. The number of hydrogen-bond donors (Lipinski definition) is 0. The Morgan fingerprint density at radius 3 is 2.80 bits per heavy atom. The van der Waals surface area contributed by atoms with Gasteiger partial charge in [0.05, 0.1) is 17.2 Å². The second kappa shape index (κ2) is 4.28. The van der Waals surface area contributed by atoms with Gasteiger partial charge in [0.2, 0.25) is 0 Å². The van der Waals surface area contributed by atoms with Crippen molar-refractivity contribution < 1.29 is 0 Å². The van der Waals surface area contributed by atoms with Gasteiger partial charge in [-0.25, -0.2) is 4.98 Å². The molecule has 3 nitrogen and oxygen atoms in total. The zero-order chi connectivity index (χ0) is 10.8. The highest BCUT2D eigenvalue weighted by Gasteiger charge is 2.06. The molecule has 2 aromatic rings. The highest BCUT2D eigenvalue weighted by atomic mass is 32.1. The van der Waals surface area contributed by atoms with Crippen LogP contribution in [0.3, 0.4) is 0 Å². The maximum Gasteiger partial charge on any atom is 0.307 e. The highest BCUT2D eigenvalue weighted by molar-refractivity contribution is 7.09. The lowest BCUT2D eigenvalue weighted by molar-refractivity contribution is 0.753. The largest absolute Gasteiger partial charge is 0.307 e. The van der Waals surface area contributed by atoms with Gasteiger partial charge in [-0.3, -0.25) is 9.36 Å². The van der Waals surface area contributed by atoms with Gasteiger partial charge in [0.15, 0.2) is 0 Å². The summed E-state index contributed by atoms with van der Waals surface area (Å²) < 4.78 is 1.68. The van der Waals surface area contributed by atoms with Crippen molar-refractivity contribution in [3.63, 3.8) is 0 Å². The van der Waals surface area contributed by atoms with Crippen LogP contribution in [-0.2, 0) is 6.54 Å². The molecule has 2 aromatic heterocycles. The molecule has 0 aliphatic carbocycles. The van der Waals surface area contributed by atoms with E-state index in [1.165, 1.54) is 11.3 Å². The third-order valence-corrected chi connectivity index (χ3v) is 3.93. The van der Waals surface area contributed by atoms with Gasteiger partial charge in [0, 0.05) is 22.9 Å². The monoisotopic (exact) mass is 240 g/mol. The molecule has 5 heteroatoms. The molecule has 0 aliphatic rings. The van der Waals surface area contributed by atoms with E-state index >= 15 is 0 Å². The van der Waals surface area contributed by atoms with E-state index in [-0.39, 0.29) is 4.87 Å². The topological polar surface area (TPSA) is 34.9 Å². The summed E-state index contributed by atoms with van der Waals surface area (Å²) in [6, 6.07) is 0. The predicted octanol–water partition coefficient (Wildman–Crippen LogP) is 2.54. The van der Waals surface area contributed by atoms with Crippen LogP contribution >= 0.6 is 22.7 Å². The van der Waals surface area contributed by atoms with Crippen molar-refractivity contribution in [3.05, 3.63) is 37.3 Å². The summed E-state index contributed by atoms with van der Waals surface area (Å²) in [7, 11) is 0. The van der Waals surface area contributed by atoms with E-state index in [1.54, 1.807) is 27.5 Å². The zero-order valence-electron chi connectivity index (χ0n) is 8.64. The van der Waals surface area contributed by atoms with E-state index in [1.807, 2.05) is 5.38 Å². The highest BCUT2D eigenvalue weighted by Crippen LogP contribution is 2.19. The summed E-state index contributed by atoms with van der Waals surface area (Å²) in [5.74, 6) is 0.461. The maximum atomic E-state index is 11.3. The molecular weight excluding hydrogens is 228 g/mol. The van der Waals surface area contributed by atoms with E-state index in [9.17, 15) is 4.79 Å². The maximum absolute atomic E-state index is 11.3. The molecule has 0 unspecified atom stereocenters. The first kappa shape index (κ1) is 10.6. The molecule has 0 fully saturated rings. The molecular formula is C10H12N2OS2. The van der Waals surface area contributed by atoms with Crippen LogP contribution < -0.4 is 4.87 Å². The van der Waals surface area contributed by atoms with Gasteiger partial charge in [-0.2, -0.15) is 0 Å². The average Bonchev–Trinajstić information content (AvgIpc) is 2.77. The van der Waals surface area contributed by atoms with Crippen molar-refractivity contribution in [3.8, 4) is 0 Å². The molecule has 0 radical (unpaired) electrons. The van der Waals surface area contributed by atoms with Crippen molar-refractivity contribution in [2.45, 2.75) is 26.3 Å². The Morgan fingerprint density at radius 2 is 2.27 bits per heavy atom. The summed E-state index contributed by atoms with van der Waals surface area (Å²) in [4.78, 5) is 15.9. The van der Waals surface area contributed by atoms with Crippen molar-refractivity contribution in [2.75, 3.05) is 0 Å². The number of hydrogen-bond acceptors (Lipinski definition) is 4. The van der Waals surface area contributed by atoms with Crippen LogP contribution in [0, 0.1) is 0 Å². The normalized spacial score (nSPS) is 11.1. The SMILES string of the molecule is CC(C)c1nc(Cn2ccsc2=O)cs1. The van der Waals surface area contributed by atoms with Gasteiger partial charge in [-0.1, -0.05) is 25.2 Å². The van der Waals surface area contributed by atoms with Gasteiger partial charge in [0.1, 0.15) is 0 Å². The Hall–Kier alpha value is -0.940. The molecule has 0 aromatic carbocycles. The minimum atomic E-state index is 0.0779. The summed E-state index contributed by atoms with van der Waals surface area (Å²) in [5, 5.41) is 4.96. The van der Waals surface area contributed by atoms with E-state index in [4.69, 9.17) is 0 Å². The standard InChI is InChI=1S/C10H12N2OS2/c1-7(2)9-11-8(6-15-9)5-12-3-4-14-10(12)13/h3-4,6-7H,5H2,1-2H3. The number of rotatable bonds is 3. The molecule has 0 amide bonds. The van der Waals surface area contributed by atoms with Gasteiger partial charge >= 0.3 is 4.87 Å². The fourth-order valence-electron chi connectivity index (χ4n) is 1.24. The van der Waals surface area contributed by atoms with Gasteiger partial charge in [-0.05, 0) is 0 Å². The molecule has 0 bridgehead atoms. The molecule has 0 saturated heterocycles. The smallest absolute Gasteiger partial charge is 0.300 e. The molecule has 0 aliphatic heterocycles. The van der Waals surface area contributed by atoms with Gasteiger partial charge in [-0.15, -0.1) is 11.3 Å². The molecule has 2 heterocycles. The predicted molar refractivity (Wildman–Crippen MR) is 63.9 cm³/mol. The van der Waals surface area contributed by atoms with Crippen LogP contribution in [0.4, 0.5) is 0 Å². The average molecular weight is 240 g/mol. The summed E-state index contributed by atoms with van der Waals surface area (Å²) in [6.45, 7) is 4.84. The molecule has 80 valence electrons. The van der Waals surface area contributed by atoms with Crippen LogP contribution in [0.1, 0.15) is 30.5 Å². The molecule has 2 rings (SSSR count). The van der Waals surface area contributed by atoms with Crippen molar-refractivity contribution in [2.24, 2.45) is 0 Å². The molecule has 0 atom stereocenters. The van der Waals surface area contributed by atoms with Crippen LogP contribution in [-0.4, -0.2) is 9.55 Å². The molecule has 15 heavy (non-hydrogen) atoms. The molecule has 0 saturated carbocycles. The van der Waals surface area contributed by atoms with Crippen LogP contribution in [0.5, 0.6) is 0 Å². The number of aromatic nitrogens is 2. The van der Waals surface area contributed by atoms with E-state index in [0.717, 1.165) is 10.7 Å². The van der Waals surface area contributed by atoms with E-state index < -0.39 is 0 Å². The molecule has 0 spiro atoms. The fraction of sp³-hybridized carbons (Fsp3) is 0.400. The lowest BCUT2D eigenvalue weighted by Crippen LogP contribution is -2.12. The zero-order valence-corrected chi connectivity index (χ0v) is 10.3. The van der Waals surface area contributed by atoms with Crippen molar-refractivity contribution in [1.82, 2.24) is 9.55 Å². The molecule has 0 N–H and O–H groups in total. The van der Waals surface area contributed by atoms with Crippen molar-refractivity contribution in [1.29, 1.82) is 0 Å². The van der Waals surface area contributed by atoms with Gasteiger partial charge < -0.3 is 0 Å². The lowest BCUT2D eigenvalue weighted by Gasteiger charge is -1.98. The fourth-order valence-corrected chi connectivity index (χ4v) is 2.65. The second-order valence-corrected chi connectivity index (χ2v) is 5.38. The number of thiazole rings is 2. The Morgan fingerprint density at radius 1 is 1.47 bits per heavy atom. The minimum absolute atomic E-state index is 0.0779. The van der Waals surface area contributed by atoms with Crippen LogP contribution in [0.25, 0.3) is 0 Å². The third-order valence-electron chi connectivity index (χ3n) is 2.04. The van der Waals surface area contributed by atoms with Gasteiger partial charge in [0.25, 0.3) is 0 Å². The Balaban J connectivity index is 2.18. The first-order valence-corrected chi connectivity index (χ1v) is 6.51. The lowest BCUT2D eigenvalue weighted by atomic mass is 10.2. The van der Waals surface area contributed by atoms with Crippen LogP contribution in [0.15, 0.2) is 21.8 Å².